The summed E-state index contributed by atoms with van der Waals surface area (Å²) in [7, 11) is -1.33. The lowest BCUT2D eigenvalue weighted by molar-refractivity contribution is 0.0692. The molecule has 1 N–H and O–H groups in total. The lowest BCUT2D eigenvalue weighted by Crippen LogP contribution is -2.03. The first-order valence-electron chi connectivity index (χ1n) is 5.63. The van der Waals surface area contributed by atoms with Crippen molar-refractivity contribution in [3.63, 3.8) is 0 Å². The molecule has 0 aromatic heterocycles. The van der Waals surface area contributed by atoms with Gasteiger partial charge in [-0.05, 0) is 45.8 Å². The standard InChI is InChI=1S/C14H10BrFO3S/c15-11-3-1-2-4-13(11)20(19)8-9-5-6-10(14(17)18)12(16)7-9/h1-7H,8H2,(H,17,18). The second-order valence-electron chi connectivity index (χ2n) is 4.04. The molecule has 6 heteroatoms. The van der Waals surface area contributed by atoms with Gasteiger partial charge in [0.2, 0.25) is 0 Å². The van der Waals surface area contributed by atoms with E-state index in [1.54, 1.807) is 18.2 Å². The number of aromatic carboxylic acids is 1. The third-order valence-corrected chi connectivity index (χ3v) is 5.04. The summed E-state index contributed by atoms with van der Waals surface area (Å²) in [6, 6.07) is 10.9. The Morgan fingerprint density at radius 1 is 1.25 bits per heavy atom. The van der Waals surface area contributed by atoms with Crippen LogP contribution in [0, 0.1) is 5.82 Å². The van der Waals surface area contributed by atoms with Crippen molar-refractivity contribution in [1.29, 1.82) is 0 Å². The van der Waals surface area contributed by atoms with Gasteiger partial charge in [-0.1, -0.05) is 18.2 Å². The molecule has 0 radical (unpaired) electrons. The highest BCUT2D eigenvalue weighted by molar-refractivity contribution is 9.10. The molecule has 0 heterocycles. The van der Waals surface area contributed by atoms with Gasteiger partial charge in [0.05, 0.1) is 27.0 Å². The quantitative estimate of drug-likeness (QED) is 0.910. The molecule has 20 heavy (non-hydrogen) atoms. The highest BCUT2D eigenvalue weighted by atomic mass is 79.9. The molecule has 0 bridgehead atoms. The van der Waals surface area contributed by atoms with Gasteiger partial charge in [0.25, 0.3) is 0 Å². The van der Waals surface area contributed by atoms with Crippen LogP contribution in [0.1, 0.15) is 15.9 Å². The van der Waals surface area contributed by atoms with E-state index in [1.165, 1.54) is 12.1 Å². The maximum absolute atomic E-state index is 13.5. The minimum absolute atomic E-state index is 0.124. The van der Waals surface area contributed by atoms with Crippen molar-refractivity contribution in [3.8, 4) is 0 Å². The largest absolute Gasteiger partial charge is 0.478 e. The predicted molar refractivity (Wildman–Crippen MR) is 77.6 cm³/mol. The monoisotopic (exact) mass is 356 g/mol. The van der Waals surface area contributed by atoms with Crippen LogP contribution < -0.4 is 0 Å². The molecule has 0 aliphatic rings. The van der Waals surface area contributed by atoms with E-state index in [0.29, 0.717) is 10.5 Å². The first-order chi connectivity index (χ1) is 9.49. The zero-order chi connectivity index (χ0) is 14.7. The number of halogens is 2. The van der Waals surface area contributed by atoms with E-state index < -0.39 is 22.6 Å². The van der Waals surface area contributed by atoms with Gasteiger partial charge in [0, 0.05) is 4.47 Å². The fourth-order valence-corrected chi connectivity index (χ4v) is 3.66. The lowest BCUT2D eigenvalue weighted by Gasteiger charge is -2.06. The smallest absolute Gasteiger partial charge is 0.338 e. The van der Waals surface area contributed by atoms with Crippen LogP contribution in [0.15, 0.2) is 51.8 Å². The van der Waals surface area contributed by atoms with Crippen molar-refractivity contribution in [2.45, 2.75) is 10.6 Å². The van der Waals surface area contributed by atoms with Gasteiger partial charge in [0.1, 0.15) is 5.82 Å². The molecule has 1 unspecified atom stereocenters. The van der Waals surface area contributed by atoms with Crippen LogP contribution in [0.3, 0.4) is 0 Å². The third-order valence-electron chi connectivity index (χ3n) is 2.64. The molecule has 2 aromatic rings. The number of hydrogen-bond donors (Lipinski definition) is 1. The van der Waals surface area contributed by atoms with Crippen LogP contribution in [0.4, 0.5) is 4.39 Å². The average Bonchev–Trinajstić information content (AvgIpc) is 2.38. The zero-order valence-corrected chi connectivity index (χ0v) is 12.6. The Kier molecular flexibility index (Phi) is 4.67. The van der Waals surface area contributed by atoms with Crippen molar-refractivity contribution in [1.82, 2.24) is 0 Å². The SMILES string of the molecule is O=C(O)c1ccc(CS(=O)c2ccccc2Br)cc1F. The average molecular weight is 357 g/mol. The summed E-state index contributed by atoms with van der Waals surface area (Å²) in [5.41, 5.74) is 0.0991. The Morgan fingerprint density at radius 3 is 2.55 bits per heavy atom. The number of carboxylic acids is 1. The number of rotatable bonds is 4. The van der Waals surface area contributed by atoms with Gasteiger partial charge in [-0.2, -0.15) is 0 Å². The molecule has 0 saturated heterocycles. The highest BCUT2D eigenvalue weighted by Crippen LogP contribution is 2.22. The van der Waals surface area contributed by atoms with Crippen LogP contribution in [-0.2, 0) is 16.6 Å². The van der Waals surface area contributed by atoms with E-state index in [2.05, 4.69) is 15.9 Å². The highest BCUT2D eigenvalue weighted by Gasteiger charge is 2.13. The molecule has 2 aromatic carbocycles. The van der Waals surface area contributed by atoms with Crippen LogP contribution >= 0.6 is 15.9 Å². The van der Waals surface area contributed by atoms with Crippen LogP contribution in [0.5, 0.6) is 0 Å². The molecule has 0 amide bonds. The molecule has 104 valence electrons. The Labute approximate surface area is 126 Å². The molecule has 0 fully saturated rings. The van der Waals surface area contributed by atoms with Gasteiger partial charge in [-0.15, -0.1) is 0 Å². The summed E-state index contributed by atoms with van der Waals surface area (Å²) in [5.74, 6) is -2.01. The molecule has 0 spiro atoms. The normalized spacial score (nSPS) is 12.1. The second kappa shape index (κ2) is 6.28. The molecular weight excluding hydrogens is 347 g/mol. The van der Waals surface area contributed by atoms with Crippen LogP contribution in [0.2, 0.25) is 0 Å². The van der Waals surface area contributed by atoms with Gasteiger partial charge in [0.15, 0.2) is 0 Å². The lowest BCUT2D eigenvalue weighted by atomic mass is 10.1. The van der Waals surface area contributed by atoms with Gasteiger partial charge in [-0.3, -0.25) is 4.21 Å². The Hall–Kier alpha value is -1.53. The van der Waals surface area contributed by atoms with Crippen molar-refractivity contribution in [2.24, 2.45) is 0 Å². The van der Waals surface area contributed by atoms with Crippen molar-refractivity contribution in [2.75, 3.05) is 0 Å². The van der Waals surface area contributed by atoms with Gasteiger partial charge in [-0.25, -0.2) is 9.18 Å². The first kappa shape index (κ1) is 14.9. The van der Waals surface area contributed by atoms with Crippen molar-refractivity contribution >= 4 is 32.7 Å². The molecular formula is C14H10BrFO3S. The predicted octanol–water partition coefficient (Wildman–Crippen LogP) is 3.59. The minimum Gasteiger partial charge on any atom is -0.478 e. The maximum atomic E-state index is 13.5. The summed E-state index contributed by atoms with van der Waals surface area (Å²) >= 11 is 3.31. The summed E-state index contributed by atoms with van der Waals surface area (Å²) in [6.07, 6.45) is 0. The van der Waals surface area contributed by atoms with E-state index in [4.69, 9.17) is 5.11 Å². The summed E-state index contributed by atoms with van der Waals surface area (Å²) < 4.78 is 26.5. The molecule has 0 aliphatic carbocycles. The fraction of sp³-hybridized carbons (Fsp3) is 0.0714. The van der Waals surface area contributed by atoms with E-state index >= 15 is 0 Å². The van der Waals surface area contributed by atoms with E-state index in [0.717, 1.165) is 10.5 Å². The van der Waals surface area contributed by atoms with Gasteiger partial charge < -0.3 is 5.11 Å². The zero-order valence-electron chi connectivity index (χ0n) is 10.2. The number of carboxylic acid groups (broad SMARTS) is 1. The third kappa shape index (κ3) is 3.32. The molecule has 1 atom stereocenters. The van der Waals surface area contributed by atoms with Crippen molar-refractivity contribution < 1.29 is 18.5 Å². The summed E-state index contributed by atoms with van der Waals surface area (Å²) in [6.45, 7) is 0. The Balaban J connectivity index is 2.23. The Morgan fingerprint density at radius 2 is 1.95 bits per heavy atom. The maximum Gasteiger partial charge on any atom is 0.338 e. The van der Waals surface area contributed by atoms with Gasteiger partial charge >= 0.3 is 5.97 Å². The molecule has 0 saturated carbocycles. The van der Waals surface area contributed by atoms with Crippen LogP contribution in [0.25, 0.3) is 0 Å². The first-order valence-corrected chi connectivity index (χ1v) is 7.75. The molecule has 2 rings (SSSR count). The van der Waals surface area contributed by atoms with Crippen molar-refractivity contribution in [3.05, 3.63) is 63.9 Å². The minimum atomic E-state index is -1.33. The number of benzene rings is 2. The molecule has 3 nitrogen and oxygen atoms in total. The Bertz CT molecular complexity index is 688. The van der Waals surface area contributed by atoms with E-state index in [-0.39, 0.29) is 11.3 Å². The second-order valence-corrected chi connectivity index (χ2v) is 6.31. The topological polar surface area (TPSA) is 54.4 Å². The summed E-state index contributed by atoms with van der Waals surface area (Å²) in [4.78, 5) is 11.3. The van der Waals surface area contributed by atoms with E-state index in [9.17, 15) is 13.4 Å². The summed E-state index contributed by atoms with van der Waals surface area (Å²) in [5, 5.41) is 8.75. The fourth-order valence-electron chi connectivity index (χ4n) is 1.68. The van der Waals surface area contributed by atoms with E-state index in [1.807, 2.05) is 6.07 Å². The molecule has 0 aliphatic heterocycles. The number of hydrogen-bond acceptors (Lipinski definition) is 2. The van der Waals surface area contributed by atoms with Crippen LogP contribution in [-0.4, -0.2) is 15.3 Å². The number of carbonyl (C=O) groups is 1.